The van der Waals surface area contributed by atoms with Crippen LogP contribution in [0, 0.1) is 11.7 Å². The van der Waals surface area contributed by atoms with E-state index in [1.165, 1.54) is 12.4 Å². The molecular formula is C16H20FN5O. The topological polar surface area (TPSA) is 71.8 Å². The fourth-order valence-electron chi connectivity index (χ4n) is 3.03. The SMILES string of the molecule is C[C@@H]1CCc2c(F)cccc2[C@H]1NC(=O)NCc1ncnn1C. The van der Waals surface area contributed by atoms with Gasteiger partial charge in [-0.15, -0.1) is 0 Å². The highest BCUT2D eigenvalue weighted by Crippen LogP contribution is 2.35. The molecule has 0 aliphatic heterocycles. The van der Waals surface area contributed by atoms with E-state index in [0.717, 1.165) is 12.0 Å². The summed E-state index contributed by atoms with van der Waals surface area (Å²) in [5, 5.41) is 9.69. The maximum atomic E-state index is 13.9. The van der Waals surface area contributed by atoms with E-state index in [2.05, 4.69) is 27.6 Å². The van der Waals surface area contributed by atoms with Crippen LogP contribution in [0.2, 0.25) is 0 Å². The molecule has 1 aliphatic carbocycles. The van der Waals surface area contributed by atoms with Gasteiger partial charge in [-0.2, -0.15) is 5.10 Å². The quantitative estimate of drug-likeness (QED) is 0.910. The van der Waals surface area contributed by atoms with E-state index in [1.54, 1.807) is 17.8 Å². The van der Waals surface area contributed by atoms with E-state index in [0.29, 0.717) is 24.4 Å². The summed E-state index contributed by atoms with van der Waals surface area (Å²) in [7, 11) is 1.77. The molecule has 1 heterocycles. The molecule has 122 valence electrons. The van der Waals surface area contributed by atoms with E-state index >= 15 is 0 Å². The van der Waals surface area contributed by atoms with Crippen LogP contribution in [0.1, 0.15) is 36.3 Å². The van der Waals surface area contributed by atoms with E-state index in [1.807, 2.05) is 6.07 Å². The Bertz CT molecular complexity index is 714. The number of halogens is 1. The third kappa shape index (κ3) is 3.18. The number of hydrogen-bond acceptors (Lipinski definition) is 3. The predicted octanol–water partition coefficient (Wildman–Crippen LogP) is 2.08. The zero-order valence-corrected chi connectivity index (χ0v) is 13.2. The van der Waals surface area contributed by atoms with Gasteiger partial charge in [0.25, 0.3) is 0 Å². The molecule has 0 saturated heterocycles. The molecule has 1 aliphatic rings. The Morgan fingerprint density at radius 1 is 1.48 bits per heavy atom. The summed E-state index contributed by atoms with van der Waals surface area (Å²) in [5.74, 6) is 0.730. The van der Waals surface area contributed by atoms with Crippen molar-refractivity contribution >= 4 is 6.03 Å². The van der Waals surface area contributed by atoms with E-state index in [4.69, 9.17) is 0 Å². The molecule has 0 spiro atoms. The third-order valence-electron chi connectivity index (χ3n) is 4.41. The molecule has 2 N–H and O–H groups in total. The first kappa shape index (κ1) is 15.5. The minimum atomic E-state index is -0.290. The summed E-state index contributed by atoms with van der Waals surface area (Å²) in [6.07, 6.45) is 3.00. The predicted molar refractivity (Wildman–Crippen MR) is 83.0 cm³/mol. The monoisotopic (exact) mass is 317 g/mol. The van der Waals surface area contributed by atoms with Crippen LogP contribution in [0.25, 0.3) is 0 Å². The van der Waals surface area contributed by atoms with E-state index in [-0.39, 0.29) is 23.8 Å². The standard InChI is InChI=1S/C16H20FN5O/c1-10-6-7-11-12(4-3-5-13(11)17)15(10)21-16(23)18-8-14-19-9-20-22(14)2/h3-5,9-10,15H,6-8H2,1-2H3,(H2,18,21,23)/t10-,15+/m1/s1. The van der Waals surface area contributed by atoms with Crippen molar-refractivity contribution in [3.63, 3.8) is 0 Å². The van der Waals surface area contributed by atoms with Crippen molar-refractivity contribution in [2.45, 2.75) is 32.4 Å². The molecule has 0 saturated carbocycles. The zero-order chi connectivity index (χ0) is 16.4. The van der Waals surface area contributed by atoms with E-state index in [9.17, 15) is 9.18 Å². The molecule has 0 bridgehead atoms. The number of aromatic nitrogens is 3. The molecular weight excluding hydrogens is 297 g/mol. The number of carbonyl (C=O) groups is 1. The van der Waals surface area contributed by atoms with Crippen molar-refractivity contribution in [1.82, 2.24) is 25.4 Å². The van der Waals surface area contributed by atoms with Crippen LogP contribution >= 0.6 is 0 Å². The van der Waals surface area contributed by atoms with Gasteiger partial charge in [0.15, 0.2) is 0 Å². The van der Waals surface area contributed by atoms with Crippen molar-refractivity contribution in [2.24, 2.45) is 13.0 Å². The number of benzene rings is 1. The van der Waals surface area contributed by atoms with Crippen molar-refractivity contribution in [1.29, 1.82) is 0 Å². The third-order valence-corrected chi connectivity index (χ3v) is 4.41. The molecule has 2 amide bonds. The molecule has 2 aromatic rings. The van der Waals surface area contributed by atoms with Crippen LogP contribution in [-0.2, 0) is 20.0 Å². The van der Waals surface area contributed by atoms with Crippen molar-refractivity contribution < 1.29 is 9.18 Å². The maximum absolute atomic E-state index is 13.9. The summed E-state index contributed by atoms with van der Waals surface area (Å²) in [6, 6.07) is 4.58. The lowest BCUT2D eigenvalue weighted by molar-refractivity contribution is 0.228. The summed E-state index contributed by atoms with van der Waals surface area (Å²) >= 11 is 0. The Morgan fingerprint density at radius 2 is 2.30 bits per heavy atom. The highest BCUT2D eigenvalue weighted by atomic mass is 19.1. The second-order valence-corrected chi connectivity index (χ2v) is 5.93. The number of urea groups is 1. The fourth-order valence-corrected chi connectivity index (χ4v) is 3.03. The number of aryl methyl sites for hydroxylation is 1. The smallest absolute Gasteiger partial charge is 0.315 e. The molecule has 0 radical (unpaired) electrons. The number of nitrogens with one attached hydrogen (secondary N) is 2. The van der Waals surface area contributed by atoms with Gasteiger partial charge in [0.1, 0.15) is 18.0 Å². The second kappa shape index (κ2) is 6.36. The Morgan fingerprint density at radius 3 is 3.04 bits per heavy atom. The molecule has 3 rings (SSSR count). The minimum absolute atomic E-state index is 0.186. The molecule has 6 nitrogen and oxygen atoms in total. The number of amides is 2. The molecule has 1 aromatic heterocycles. The van der Waals surface area contributed by atoms with Gasteiger partial charge in [-0.3, -0.25) is 4.68 Å². The van der Waals surface area contributed by atoms with Crippen LogP contribution in [0.3, 0.4) is 0 Å². The first-order chi connectivity index (χ1) is 11.1. The van der Waals surface area contributed by atoms with Crippen molar-refractivity contribution in [2.75, 3.05) is 0 Å². The Hall–Kier alpha value is -2.44. The molecule has 2 atom stereocenters. The molecule has 7 heteroatoms. The number of carbonyl (C=O) groups excluding carboxylic acids is 1. The average molecular weight is 317 g/mol. The van der Waals surface area contributed by atoms with Gasteiger partial charge in [-0.1, -0.05) is 19.1 Å². The molecule has 0 unspecified atom stereocenters. The first-order valence-electron chi connectivity index (χ1n) is 7.70. The molecule has 0 fully saturated rings. The largest absolute Gasteiger partial charge is 0.331 e. The normalized spacial score (nSPS) is 20.0. The molecule has 23 heavy (non-hydrogen) atoms. The number of nitrogens with zero attached hydrogens (tertiary/aromatic N) is 3. The number of rotatable bonds is 3. The van der Waals surface area contributed by atoms with Crippen LogP contribution in [-0.4, -0.2) is 20.8 Å². The van der Waals surface area contributed by atoms with Gasteiger partial charge in [0, 0.05) is 7.05 Å². The van der Waals surface area contributed by atoms with Crippen LogP contribution in [0.4, 0.5) is 9.18 Å². The lowest BCUT2D eigenvalue weighted by Crippen LogP contribution is -2.41. The summed E-state index contributed by atoms with van der Waals surface area (Å²) in [4.78, 5) is 16.2. The average Bonchev–Trinajstić information content (AvgIpc) is 2.93. The van der Waals surface area contributed by atoms with Gasteiger partial charge in [-0.25, -0.2) is 14.2 Å². The number of hydrogen-bond donors (Lipinski definition) is 2. The summed E-state index contributed by atoms with van der Waals surface area (Å²) in [6.45, 7) is 2.36. The Kier molecular flexibility index (Phi) is 4.27. The summed E-state index contributed by atoms with van der Waals surface area (Å²) in [5.41, 5.74) is 1.58. The van der Waals surface area contributed by atoms with Gasteiger partial charge >= 0.3 is 6.03 Å². The minimum Gasteiger partial charge on any atom is -0.331 e. The van der Waals surface area contributed by atoms with Gasteiger partial charge in [0.2, 0.25) is 0 Å². The van der Waals surface area contributed by atoms with E-state index < -0.39 is 0 Å². The van der Waals surface area contributed by atoms with Gasteiger partial charge in [-0.05, 0) is 36.0 Å². The zero-order valence-electron chi connectivity index (χ0n) is 13.2. The van der Waals surface area contributed by atoms with Gasteiger partial charge < -0.3 is 10.6 Å². The molecule has 1 aromatic carbocycles. The van der Waals surface area contributed by atoms with Crippen LogP contribution < -0.4 is 10.6 Å². The summed E-state index contributed by atoms with van der Waals surface area (Å²) < 4.78 is 15.5. The highest BCUT2D eigenvalue weighted by molar-refractivity contribution is 5.74. The Balaban J connectivity index is 1.68. The number of fused-ring (bicyclic) bond motifs is 1. The lowest BCUT2D eigenvalue weighted by Gasteiger charge is -2.32. The highest BCUT2D eigenvalue weighted by Gasteiger charge is 2.29. The van der Waals surface area contributed by atoms with Crippen molar-refractivity contribution in [3.05, 3.63) is 47.3 Å². The maximum Gasteiger partial charge on any atom is 0.315 e. The van der Waals surface area contributed by atoms with Crippen LogP contribution in [0.5, 0.6) is 0 Å². The van der Waals surface area contributed by atoms with Gasteiger partial charge in [0.05, 0.1) is 12.6 Å². The lowest BCUT2D eigenvalue weighted by atomic mass is 9.80. The fraction of sp³-hybridized carbons (Fsp3) is 0.438. The van der Waals surface area contributed by atoms with Crippen LogP contribution in [0.15, 0.2) is 24.5 Å². The Labute approximate surface area is 134 Å². The first-order valence-corrected chi connectivity index (χ1v) is 7.70. The van der Waals surface area contributed by atoms with Crippen molar-refractivity contribution in [3.8, 4) is 0 Å². The second-order valence-electron chi connectivity index (χ2n) is 5.93.